The fourth-order valence-corrected chi connectivity index (χ4v) is 4.41. The van der Waals surface area contributed by atoms with E-state index >= 15 is 0 Å². The molecular formula is C19H22Cl2N2. The highest BCUT2D eigenvalue weighted by Crippen LogP contribution is 2.34. The van der Waals surface area contributed by atoms with Gasteiger partial charge in [0.05, 0.1) is 6.67 Å². The predicted octanol–water partition coefficient (Wildman–Crippen LogP) is 5.51. The van der Waals surface area contributed by atoms with Gasteiger partial charge in [0.1, 0.15) is 0 Å². The maximum atomic E-state index is 6.17. The molecule has 1 saturated heterocycles. The van der Waals surface area contributed by atoms with Crippen LogP contribution >= 0.6 is 23.2 Å². The van der Waals surface area contributed by atoms with E-state index < -0.39 is 0 Å². The normalized spacial score (nSPS) is 14.7. The van der Waals surface area contributed by atoms with Crippen molar-refractivity contribution < 1.29 is 0 Å². The Morgan fingerprint density at radius 3 is 1.26 bits per heavy atom. The molecule has 0 aromatic heterocycles. The van der Waals surface area contributed by atoms with Crippen LogP contribution in [0.15, 0.2) is 24.3 Å². The number of aryl methyl sites for hydroxylation is 4. The quantitative estimate of drug-likeness (QED) is 0.705. The number of hydrogen-bond donors (Lipinski definition) is 0. The first-order valence-corrected chi connectivity index (χ1v) is 8.66. The molecule has 0 saturated carbocycles. The minimum absolute atomic E-state index is 0.809. The second-order valence-electron chi connectivity index (χ2n) is 6.44. The minimum atomic E-state index is 0.809. The van der Waals surface area contributed by atoms with E-state index in [1.54, 1.807) is 0 Å². The van der Waals surface area contributed by atoms with Crippen molar-refractivity contribution >= 4 is 34.6 Å². The Bertz CT molecular complexity index is 646. The van der Waals surface area contributed by atoms with E-state index in [1.165, 1.54) is 33.6 Å². The summed E-state index contributed by atoms with van der Waals surface area (Å²) in [4.78, 5) is 4.88. The zero-order chi connectivity index (χ0) is 16.7. The van der Waals surface area contributed by atoms with Gasteiger partial charge in [0.15, 0.2) is 0 Å². The van der Waals surface area contributed by atoms with Crippen LogP contribution in [0, 0.1) is 27.7 Å². The average molecular weight is 349 g/mol. The Hall–Kier alpha value is -1.38. The maximum Gasteiger partial charge on any atom is 0.0904 e. The molecule has 1 aliphatic rings. The maximum absolute atomic E-state index is 6.17. The third-order valence-electron chi connectivity index (χ3n) is 4.53. The molecule has 0 N–H and O–H groups in total. The molecular weight excluding hydrogens is 327 g/mol. The summed E-state index contributed by atoms with van der Waals surface area (Å²) < 4.78 is 0. The Morgan fingerprint density at radius 1 is 0.652 bits per heavy atom. The standard InChI is InChI=1S/C19H22Cl2N2/c1-12-7-16(20)8-13(2)18(12)22-5-6-23(11-22)19-14(3)9-17(21)10-15(19)4/h7-10H,5-6,11H2,1-4H3. The molecule has 0 amide bonds. The lowest BCUT2D eigenvalue weighted by molar-refractivity contribution is 0.931. The lowest BCUT2D eigenvalue weighted by Gasteiger charge is -2.26. The fraction of sp³-hybridized carbons (Fsp3) is 0.368. The summed E-state index contributed by atoms with van der Waals surface area (Å²) in [5.41, 5.74) is 7.56. The highest BCUT2D eigenvalue weighted by molar-refractivity contribution is 6.31. The fourth-order valence-electron chi connectivity index (χ4n) is 3.76. The van der Waals surface area contributed by atoms with Crippen molar-refractivity contribution in [3.63, 3.8) is 0 Å². The summed E-state index contributed by atoms with van der Waals surface area (Å²) in [6.07, 6.45) is 0. The van der Waals surface area contributed by atoms with Crippen molar-refractivity contribution in [3.8, 4) is 0 Å². The first-order valence-electron chi connectivity index (χ1n) is 7.90. The number of anilines is 2. The first-order chi connectivity index (χ1) is 10.9. The van der Waals surface area contributed by atoms with E-state index in [9.17, 15) is 0 Å². The summed E-state index contributed by atoms with van der Waals surface area (Å²) >= 11 is 12.3. The van der Waals surface area contributed by atoms with E-state index in [1.807, 2.05) is 24.3 Å². The number of rotatable bonds is 2. The lowest BCUT2D eigenvalue weighted by Crippen LogP contribution is -2.27. The molecule has 2 aromatic rings. The van der Waals surface area contributed by atoms with Gasteiger partial charge >= 0.3 is 0 Å². The first kappa shape index (κ1) is 16.5. The Kier molecular flexibility index (Phi) is 4.48. The third kappa shape index (κ3) is 3.15. The summed E-state index contributed by atoms with van der Waals surface area (Å²) in [5.74, 6) is 0. The molecule has 2 aromatic carbocycles. The van der Waals surface area contributed by atoms with Crippen LogP contribution in [0.5, 0.6) is 0 Å². The number of hydrogen-bond acceptors (Lipinski definition) is 2. The van der Waals surface area contributed by atoms with E-state index in [0.717, 1.165) is 29.8 Å². The van der Waals surface area contributed by atoms with Crippen LogP contribution in [-0.4, -0.2) is 19.8 Å². The Labute approximate surface area is 148 Å². The van der Waals surface area contributed by atoms with E-state index in [4.69, 9.17) is 23.2 Å². The van der Waals surface area contributed by atoms with Crippen LogP contribution in [0.2, 0.25) is 10.0 Å². The monoisotopic (exact) mass is 348 g/mol. The third-order valence-corrected chi connectivity index (χ3v) is 4.96. The van der Waals surface area contributed by atoms with E-state index in [2.05, 4.69) is 37.5 Å². The molecule has 1 aliphatic heterocycles. The van der Waals surface area contributed by atoms with E-state index in [-0.39, 0.29) is 0 Å². The van der Waals surface area contributed by atoms with Crippen LogP contribution in [0.1, 0.15) is 22.3 Å². The average Bonchev–Trinajstić information content (AvgIpc) is 2.85. The summed E-state index contributed by atoms with van der Waals surface area (Å²) in [6, 6.07) is 8.19. The van der Waals surface area contributed by atoms with E-state index in [0.29, 0.717) is 0 Å². The SMILES string of the molecule is Cc1cc(Cl)cc(C)c1N1CCN(c2c(C)cc(Cl)cc2C)C1. The van der Waals surface area contributed by atoms with Crippen LogP contribution in [0.4, 0.5) is 11.4 Å². The largest absolute Gasteiger partial charge is 0.352 e. The van der Waals surface area contributed by atoms with Gasteiger partial charge in [-0.25, -0.2) is 0 Å². The van der Waals surface area contributed by atoms with Crippen molar-refractivity contribution in [2.24, 2.45) is 0 Å². The molecule has 2 nitrogen and oxygen atoms in total. The van der Waals surface area contributed by atoms with Crippen molar-refractivity contribution in [1.29, 1.82) is 0 Å². The van der Waals surface area contributed by atoms with Gasteiger partial charge in [-0.2, -0.15) is 0 Å². The van der Waals surface area contributed by atoms with Crippen LogP contribution in [-0.2, 0) is 0 Å². The van der Waals surface area contributed by atoms with Gasteiger partial charge < -0.3 is 9.80 Å². The van der Waals surface area contributed by atoms with Gasteiger partial charge in [-0.1, -0.05) is 23.2 Å². The second-order valence-corrected chi connectivity index (χ2v) is 7.32. The molecule has 1 heterocycles. The number of halogens is 2. The van der Waals surface area contributed by atoms with Crippen LogP contribution in [0.25, 0.3) is 0 Å². The number of nitrogens with zero attached hydrogens (tertiary/aromatic N) is 2. The van der Waals surface area contributed by atoms with Gasteiger partial charge in [-0.3, -0.25) is 0 Å². The van der Waals surface area contributed by atoms with Crippen molar-refractivity contribution in [1.82, 2.24) is 0 Å². The van der Waals surface area contributed by atoms with Gasteiger partial charge in [0.2, 0.25) is 0 Å². The molecule has 122 valence electrons. The highest BCUT2D eigenvalue weighted by atomic mass is 35.5. The highest BCUT2D eigenvalue weighted by Gasteiger charge is 2.25. The lowest BCUT2D eigenvalue weighted by atomic mass is 10.1. The summed E-state index contributed by atoms with van der Waals surface area (Å²) in [5, 5.41) is 1.62. The Balaban J connectivity index is 1.91. The van der Waals surface area contributed by atoms with Gasteiger partial charge in [0, 0.05) is 34.5 Å². The Morgan fingerprint density at radius 2 is 0.957 bits per heavy atom. The molecule has 4 heteroatoms. The van der Waals surface area contributed by atoms with Gasteiger partial charge in [0.25, 0.3) is 0 Å². The van der Waals surface area contributed by atoms with Crippen LogP contribution in [0.3, 0.4) is 0 Å². The molecule has 1 fully saturated rings. The number of benzene rings is 2. The minimum Gasteiger partial charge on any atom is -0.352 e. The molecule has 0 spiro atoms. The van der Waals surface area contributed by atoms with Gasteiger partial charge in [-0.05, 0) is 74.2 Å². The van der Waals surface area contributed by atoms with Gasteiger partial charge in [-0.15, -0.1) is 0 Å². The van der Waals surface area contributed by atoms with Crippen LogP contribution < -0.4 is 9.80 Å². The summed E-state index contributed by atoms with van der Waals surface area (Å²) in [6.45, 7) is 11.5. The van der Waals surface area contributed by atoms with Crippen molar-refractivity contribution in [2.75, 3.05) is 29.6 Å². The molecule has 23 heavy (non-hydrogen) atoms. The smallest absolute Gasteiger partial charge is 0.0904 e. The zero-order valence-corrected chi connectivity index (χ0v) is 15.6. The molecule has 0 aliphatic carbocycles. The molecule has 0 atom stereocenters. The van der Waals surface area contributed by atoms with Crippen molar-refractivity contribution in [3.05, 3.63) is 56.6 Å². The van der Waals surface area contributed by atoms with Crippen molar-refractivity contribution in [2.45, 2.75) is 27.7 Å². The second kappa shape index (κ2) is 6.26. The zero-order valence-electron chi connectivity index (χ0n) is 14.1. The predicted molar refractivity (Wildman–Crippen MR) is 101 cm³/mol. The summed E-state index contributed by atoms with van der Waals surface area (Å²) in [7, 11) is 0. The molecule has 3 rings (SSSR count). The topological polar surface area (TPSA) is 6.48 Å². The molecule has 0 unspecified atom stereocenters. The molecule has 0 radical (unpaired) electrons. The molecule has 0 bridgehead atoms.